The molecule has 0 bridgehead atoms. The zero-order valence-electron chi connectivity index (χ0n) is 20.0. The van der Waals surface area contributed by atoms with Crippen LogP contribution in [0, 0.1) is 12.8 Å². The highest BCUT2D eigenvalue weighted by Crippen LogP contribution is 2.50. The van der Waals surface area contributed by atoms with Crippen LogP contribution in [0.4, 0.5) is 14.5 Å². The molecule has 0 radical (unpaired) electrons. The lowest BCUT2D eigenvalue weighted by Crippen LogP contribution is -2.55. The summed E-state index contributed by atoms with van der Waals surface area (Å²) in [4.78, 5) is 9.61. The number of alkyl halides is 2. The zero-order chi connectivity index (χ0) is 24.5. The lowest BCUT2D eigenvalue weighted by molar-refractivity contribution is -0.133. The van der Waals surface area contributed by atoms with Crippen LogP contribution in [0.3, 0.4) is 0 Å². The Morgan fingerprint density at radius 1 is 1.14 bits per heavy atom. The predicted molar refractivity (Wildman–Crippen MR) is 132 cm³/mol. The summed E-state index contributed by atoms with van der Waals surface area (Å²) in [7, 11) is 2.00. The van der Waals surface area contributed by atoms with Crippen LogP contribution in [0.2, 0.25) is 5.02 Å². The van der Waals surface area contributed by atoms with Gasteiger partial charge in [-0.05, 0) is 37.5 Å². The molecule has 2 fully saturated rings. The molecule has 7 nitrogen and oxygen atoms in total. The number of aromatic nitrogens is 5. The molecular weight excluding hydrogens is 472 g/mol. The summed E-state index contributed by atoms with van der Waals surface area (Å²) in [6, 6.07) is 9.85. The van der Waals surface area contributed by atoms with Crippen molar-refractivity contribution < 1.29 is 8.78 Å². The van der Waals surface area contributed by atoms with Gasteiger partial charge in [-0.3, -0.25) is 9.30 Å². The summed E-state index contributed by atoms with van der Waals surface area (Å²) < 4.78 is 31.8. The van der Waals surface area contributed by atoms with Gasteiger partial charge in [0, 0.05) is 62.7 Å². The minimum atomic E-state index is -2.56. The molecule has 2 atom stereocenters. The van der Waals surface area contributed by atoms with E-state index in [4.69, 9.17) is 16.6 Å². The van der Waals surface area contributed by atoms with E-state index in [1.165, 1.54) is 0 Å². The van der Waals surface area contributed by atoms with Gasteiger partial charge in [0.1, 0.15) is 23.3 Å². The molecule has 0 amide bonds. The number of rotatable bonds is 4. The van der Waals surface area contributed by atoms with Crippen molar-refractivity contribution >= 4 is 34.1 Å². The highest BCUT2D eigenvalue weighted by Gasteiger charge is 2.50. The van der Waals surface area contributed by atoms with Gasteiger partial charge in [-0.1, -0.05) is 23.7 Å². The van der Waals surface area contributed by atoms with Gasteiger partial charge in [0.15, 0.2) is 5.65 Å². The number of hydrogen-bond acceptors (Lipinski definition) is 5. The Bertz CT molecular complexity index is 1390. The topological polar surface area (TPSA) is 54.5 Å². The van der Waals surface area contributed by atoms with Crippen LogP contribution in [0.15, 0.2) is 36.7 Å². The number of fused-ring (bicyclic) bond motifs is 3. The maximum atomic E-state index is 13.9. The number of piperazine rings is 1. The predicted octanol–water partition coefficient (Wildman–Crippen LogP) is 4.87. The normalized spacial score (nSPS) is 22.1. The first kappa shape index (κ1) is 22.7. The Labute approximate surface area is 207 Å². The fourth-order valence-electron chi connectivity index (χ4n) is 5.93. The maximum Gasteiger partial charge on any atom is 0.248 e. The number of benzene rings is 1. The van der Waals surface area contributed by atoms with Crippen molar-refractivity contribution in [3.8, 4) is 0 Å². The first-order chi connectivity index (χ1) is 16.7. The molecule has 3 aromatic heterocycles. The first-order valence-electron chi connectivity index (χ1n) is 12.0. The fourth-order valence-corrected chi connectivity index (χ4v) is 6.06. The largest absolute Gasteiger partial charge is 0.364 e. The minimum absolute atomic E-state index is 0.0485. The van der Waals surface area contributed by atoms with E-state index in [9.17, 15) is 8.78 Å². The highest BCUT2D eigenvalue weighted by molar-refractivity contribution is 6.30. The lowest BCUT2D eigenvalue weighted by Gasteiger charge is -2.49. The highest BCUT2D eigenvalue weighted by atomic mass is 35.5. The van der Waals surface area contributed by atoms with E-state index in [2.05, 4.69) is 37.6 Å². The molecule has 6 rings (SSSR count). The number of nitrogens with zero attached hydrogens (tertiary/aromatic N) is 7. The molecule has 0 spiro atoms. The Kier molecular flexibility index (Phi) is 5.27. The van der Waals surface area contributed by atoms with Crippen molar-refractivity contribution in [2.45, 2.75) is 44.7 Å². The summed E-state index contributed by atoms with van der Waals surface area (Å²) in [6.45, 7) is 6.48. The van der Waals surface area contributed by atoms with Crippen LogP contribution >= 0.6 is 11.6 Å². The van der Waals surface area contributed by atoms with E-state index in [1.807, 2.05) is 42.6 Å². The van der Waals surface area contributed by atoms with Gasteiger partial charge in [-0.2, -0.15) is 0 Å². The van der Waals surface area contributed by atoms with Crippen molar-refractivity contribution in [1.29, 1.82) is 0 Å². The standard InChI is InChI=1S/C25H28ClF2N7/c1-15-13-33(23(18-11-25(27,28)12-18)17-4-6-19(26)7-5-17)8-9-34(15)20-10-21-31-29-14-35(21)24-22(20)30-16(2)32(24)3/h4-7,10,14-15,18,23H,8-9,11-13H2,1-3H3. The molecule has 1 saturated carbocycles. The molecule has 0 N–H and O–H groups in total. The number of halogens is 3. The van der Waals surface area contributed by atoms with E-state index in [0.717, 1.165) is 53.5 Å². The third-order valence-corrected chi connectivity index (χ3v) is 7.99. The summed E-state index contributed by atoms with van der Waals surface area (Å²) >= 11 is 6.12. The molecular formula is C25H28ClF2N7. The molecule has 1 aliphatic carbocycles. The van der Waals surface area contributed by atoms with E-state index < -0.39 is 5.92 Å². The molecule has 1 saturated heterocycles. The summed E-state index contributed by atoms with van der Waals surface area (Å²) in [5.41, 5.74) is 4.76. The number of anilines is 1. The SMILES string of the molecule is Cc1nc2c(N3CCN(C(c4ccc(Cl)cc4)C4CC(F)(F)C4)CC3C)cc3nncn3c2n1C. The Hall–Kier alpha value is -2.78. The van der Waals surface area contributed by atoms with Gasteiger partial charge in [0.05, 0.1) is 5.69 Å². The lowest BCUT2D eigenvalue weighted by atomic mass is 9.73. The van der Waals surface area contributed by atoms with Gasteiger partial charge >= 0.3 is 0 Å². The number of imidazole rings is 1. The van der Waals surface area contributed by atoms with Gasteiger partial charge in [-0.25, -0.2) is 13.8 Å². The second-order valence-electron chi connectivity index (χ2n) is 10.0. The summed E-state index contributed by atoms with van der Waals surface area (Å²) in [5.74, 6) is -1.70. The van der Waals surface area contributed by atoms with Crippen molar-refractivity contribution in [3.63, 3.8) is 0 Å². The van der Waals surface area contributed by atoms with E-state index in [0.29, 0.717) is 5.02 Å². The third-order valence-electron chi connectivity index (χ3n) is 7.74. The maximum absolute atomic E-state index is 13.9. The van der Waals surface area contributed by atoms with Crippen LogP contribution in [-0.4, -0.2) is 60.6 Å². The van der Waals surface area contributed by atoms with Gasteiger partial charge in [-0.15, -0.1) is 10.2 Å². The van der Waals surface area contributed by atoms with Gasteiger partial charge < -0.3 is 9.47 Å². The second kappa shape index (κ2) is 8.13. The minimum Gasteiger partial charge on any atom is -0.364 e. The molecule has 35 heavy (non-hydrogen) atoms. The van der Waals surface area contributed by atoms with E-state index >= 15 is 0 Å². The molecule has 2 unspecified atom stereocenters. The summed E-state index contributed by atoms with van der Waals surface area (Å²) in [5, 5.41) is 9.06. The van der Waals surface area contributed by atoms with Crippen molar-refractivity contribution in [3.05, 3.63) is 53.1 Å². The van der Waals surface area contributed by atoms with Crippen molar-refractivity contribution in [1.82, 2.24) is 29.0 Å². The van der Waals surface area contributed by atoms with Crippen LogP contribution in [0.25, 0.3) is 16.8 Å². The fraction of sp³-hybridized carbons (Fsp3) is 0.480. The van der Waals surface area contributed by atoms with E-state index in [-0.39, 0.29) is 30.8 Å². The smallest absolute Gasteiger partial charge is 0.248 e. The molecule has 4 heterocycles. The molecule has 10 heteroatoms. The summed E-state index contributed by atoms with van der Waals surface area (Å²) in [6.07, 6.45) is 1.59. The third kappa shape index (κ3) is 3.76. The van der Waals surface area contributed by atoms with Crippen LogP contribution in [0.1, 0.15) is 37.2 Å². The number of pyridine rings is 1. The second-order valence-corrected chi connectivity index (χ2v) is 10.5. The van der Waals surface area contributed by atoms with Crippen molar-refractivity contribution in [2.24, 2.45) is 13.0 Å². The van der Waals surface area contributed by atoms with E-state index in [1.54, 1.807) is 6.33 Å². The molecule has 1 aromatic carbocycles. The Morgan fingerprint density at radius 2 is 1.89 bits per heavy atom. The zero-order valence-corrected chi connectivity index (χ0v) is 20.8. The average Bonchev–Trinajstić information content (AvgIpc) is 3.38. The molecule has 1 aliphatic heterocycles. The quantitative estimate of drug-likeness (QED) is 0.401. The Balaban J connectivity index is 1.32. The Morgan fingerprint density at radius 3 is 2.57 bits per heavy atom. The number of aryl methyl sites for hydroxylation is 2. The van der Waals surface area contributed by atoms with Crippen LogP contribution in [-0.2, 0) is 7.05 Å². The molecule has 4 aromatic rings. The van der Waals surface area contributed by atoms with Gasteiger partial charge in [0.25, 0.3) is 0 Å². The van der Waals surface area contributed by atoms with Crippen LogP contribution < -0.4 is 4.90 Å². The average molecular weight is 500 g/mol. The number of hydrogen-bond donors (Lipinski definition) is 0. The first-order valence-corrected chi connectivity index (χ1v) is 12.4. The molecule has 2 aliphatic rings. The van der Waals surface area contributed by atoms with Crippen LogP contribution in [0.5, 0.6) is 0 Å². The van der Waals surface area contributed by atoms with Gasteiger partial charge in [0.2, 0.25) is 5.92 Å². The molecule has 184 valence electrons. The monoisotopic (exact) mass is 499 g/mol. The van der Waals surface area contributed by atoms with Crippen molar-refractivity contribution in [2.75, 3.05) is 24.5 Å².